The van der Waals surface area contributed by atoms with Crippen LogP contribution in [-0.4, -0.2) is 29.9 Å². The molecular weight excluding hydrogens is 363 g/mol. The summed E-state index contributed by atoms with van der Waals surface area (Å²) in [5.41, 5.74) is 0. The fraction of sp³-hybridized carbons (Fsp3) is 0.750. The zero-order valence-electron chi connectivity index (χ0n) is 14.2. The van der Waals surface area contributed by atoms with Crippen molar-refractivity contribution in [3.8, 4) is 0 Å². The summed E-state index contributed by atoms with van der Waals surface area (Å²) in [7, 11) is 0. The van der Waals surface area contributed by atoms with E-state index >= 15 is 0 Å². The average molecular weight is 393 g/mol. The van der Waals surface area contributed by atoms with Crippen LogP contribution in [0.5, 0.6) is 0 Å². The van der Waals surface area contributed by atoms with Crippen molar-refractivity contribution >= 4 is 24.8 Å². The van der Waals surface area contributed by atoms with Gasteiger partial charge in [0.25, 0.3) is 0 Å². The van der Waals surface area contributed by atoms with Crippen molar-refractivity contribution in [3.05, 3.63) is 0 Å². The molecule has 0 aromatic carbocycles. The molecule has 0 spiro atoms. The van der Waals surface area contributed by atoms with Gasteiger partial charge in [0.1, 0.15) is 0 Å². The van der Waals surface area contributed by atoms with Crippen molar-refractivity contribution in [2.45, 2.75) is 79.1 Å². The smallest absolute Gasteiger partial charge is 0.542 e. The van der Waals surface area contributed by atoms with E-state index in [0.29, 0.717) is 25.7 Å². The first-order valence-corrected chi connectivity index (χ1v) is 7.28. The topological polar surface area (TPSA) is 88.5 Å². The monoisotopic (exact) mass is 391 g/mol. The predicted octanol–water partition coefficient (Wildman–Crippen LogP) is 3.56. The Hall–Kier alpha value is -0.637. The first kappa shape index (κ1) is 33.1. The van der Waals surface area contributed by atoms with Crippen LogP contribution >= 0.6 is 0 Å². The molecule has 0 fully saturated rings. The SMILES string of the molecule is CCCC(=O)O.CCC[C-]=O.CCC[C-]=O.CCC[C-]=O.[Zr+3]. The third kappa shape index (κ3) is 93.4. The number of hydrogen-bond acceptors (Lipinski definition) is 4. The molecule has 0 amide bonds. The summed E-state index contributed by atoms with van der Waals surface area (Å²) in [4.78, 5) is 37.4. The molecular formula is C16H29O5Zr. The molecule has 0 unspecified atom stereocenters. The molecule has 0 aromatic heterocycles. The molecule has 5 nitrogen and oxygen atoms in total. The third-order valence-corrected chi connectivity index (χ3v) is 1.52. The molecule has 0 atom stereocenters. The number of carbonyl (C=O) groups excluding carboxylic acids is 3. The third-order valence-electron chi connectivity index (χ3n) is 1.52. The van der Waals surface area contributed by atoms with Gasteiger partial charge in [0.05, 0.1) is 0 Å². The summed E-state index contributed by atoms with van der Waals surface area (Å²) in [6.45, 7) is 7.69. The Morgan fingerprint density at radius 2 is 1.00 bits per heavy atom. The Balaban J connectivity index is -0.0000000577. The maximum atomic E-state index is 9.60. The summed E-state index contributed by atoms with van der Waals surface area (Å²) in [6, 6.07) is 0. The number of unbranched alkanes of at least 4 members (excludes halogenated alkanes) is 3. The van der Waals surface area contributed by atoms with Crippen LogP contribution in [-0.2, 0) is 45.4 Å². The van der Waals surface area contributed by atoms with Crippen LogP contribution in [0.2, 0.25) is 0 Å². The van der Waals surface area contributed by atoms with Gasteiger partial charge in [0, 0.05) is 6.42 Å². The summed E-state index contributed by atoms with van der Waals surface area (Å²) < 4.78 is 0. The quantitative estimate of drug-likeness (QED) is 0.638. The molecule has 0 aromatic rings. The minimum atomic E-state index is -0.711. The van der Waals surface area contributed by atoms with Crippen molar-refractivity contribution in [3.63, 3.8) is 0 Å². The van der Waals surface area contributed by atoms with Crippen LogP contribution in [0.25, 0.3) is 0 Å². The van der Waals surface area contributed by atoms with E-state index in [4.69, 9.17) is 5.11 Å². The molecule has 22 heavy (non-hydrogen) atoms. The molecule has 127 valence electrons. The summed E-state index contributed by atoms with van der Waals surface area (Å²) in [5, 5.41) is 7.91. The first-order valence-electron chi connectivity index (χ1n) is 7.28. The zero-order chi connectivity index (χ0) is 17.4. The Bertz CT molecular complexity index is 197. The van der Waals surface area contributed by atoms with E-state index in [9.17, 15) is 19.2 Å². The summed E-state index contributed by atoms with van der Waals surface area (Å²) in [6.07, 6.45) is 10.8. The van der Waals surface area contributed by atoms with Crippen LogP contribution in [0.15, 0.2) is 0 Å². The molecule has 1 N–H and O–H groups in total. The van der Waals surface area contributed by atoms with E-state index in [1.807, 2.05) is 27.7 Å². The van der Waals surface area contributed by atoms with E-state index in [1.165, 1.54) is 0 Å². The van der Waals surface area contributed by atoms with Crippen molar-refractivity contribution in [1.29, 1.82) is 0 Å². The van der Waals surface area contributed by atoms with Gasteiger partial charge in [-0.3, -0.25) is 23.7 Å². The van der Waals surface area contributed by atoms with Gasteiger partial charge in [-0.1, -0.05) is 47.0 Å². The van der Waals surface area contributed by atoms with Gasteiger partial charge in [-0.15, -0.1) is 0 Å². The molecule has 0 saturated heterocycles. The standard InChI is InChI=1S/C4H8O2.3C4H7O.Zr/c1-2-3-4(5)6;3*1-2-3-4-5;/h2-3H2,1H3,(H,5,6);3*2-3H2,1H3;/q;3*-1;+3. The van der Waals surface area contributed by atoms with Gasteiger partial charge >= 0.3 is 32.2 Å². The van der Waals surface area contributed by atoms with Crippen LogP contribution in [0.1, 0.15) is 79.1 Å². The molecule has 0 saturated carbocycles. The molecule has 0 aliphatic carbocycles. The van der Waals surface area contributed by atoms with Crippen molar-refractivity contribution in [2.75, 3.05) is 0 Å². The molecule has 1 radical (unpaired) electrons. The number of carboxylic acid groups (broad SMARTS) is 1. The second-order valence-corrected chi connectivity index (χ2v) is 3.83. The molecule has 0 bridgehead atoms. The van der Waals surface area contributed by atoms with Gasteiger partial charge < -0.3 is 19.5 Å². The Morgan fingerprint density at radius 3 is 1.00 bits per heavy atom. The van der Waals surface area contributed by atoms with Crippen molar-refractivity contribution in [2.24, 2.45) is 0 Å². The van der Waals surface area contributed by atoms with Gasteiger partial charge in [0.2, 0.25) is 0 Å². The number of rotatable bonds is 8. The number of carboxylic acids is 1. The predicted molar refractivity (Wildman–Crippen MR) is 84.3 cm³/mol. The molecule has 0 aliphatic heterocycles. The Morgan fingerprint density at radius 1 is 0.727 bits per heavy atom. The van der Waals surface area contributed by atoms with E-state index in [2.05, 4.69) is 0 Å². The molecule has 0 rings (SSSR count). The largest absolute Gasteiger partial charge is 3.00 e. The fourth-order valence-electron chi connectivity index (χ4n) is 0.520. The first-order chi connectivity index (χ1) is 10.0. The van der Waals surface area contributed by atoms with E-state index in [1.54, 1.807) is 18.9 Å². The van der Waals surface area contributed by atoms with Gasteiger partial charge in [-0.05, 0) is 6.42 Å². The van der Waals surface area contributed by atoms with Crippen LogP contribution in [0, 0.1) is 0 Å². The van der Waals surface area contributed by atoms with Gasteiger partial charge in [-0.2, -0.15) is 19.3 Å². The van der Waals surface area contributed by atoms with Gasteiger partial charge in [-0.25, -0.2) is 0 Å². The minimum absolute atomic E-state index is 0. The molecule has 0 heterocycles. The normalized spacial score (nSPS) is 7.27. The number of hydrogen-bond donors (Lipinski definition) is 1. The van der Waals surface area contributed by atoms with E-state index < -0.39 is 5.97 Å². The summed E-state index contributed by atoms with van der Waals surface area (Å²) in [5.74, 6) is -0.711. The molecule has 6 heteroatoms. The minimum Gasteiger partial charge on any atom is -0.542 e. The Kier molecular flexibility index (Phi) is 64.3. The fourth-order valence-corrected chi connectivity index (χ4v) is 0.520. The Labute approximate surface area is 154 Å². The maximum absolute atomic E-state index is 9.60. The van der Waals surface area contributed by atoms with Gasteiger partial charge in [0.15, 0.2) is 0 Å². The molecule has 0 aliphatic rings. The van der Waals surface area contributed by atoms with Crippen LogP contribution in [0.3, 0.4) is 0 Å². The maximum Gasteiger partial charge on any atom is 3.00 e. The number of aliphatic carboxylic acids is 1. The van der Waals surface area contributed by atoms with E-state index in [0.717, 1.165) is 25.7 Å². The van der Waals surface area contributed by atoms with Crippen LogP contribution < -0.4 is 0 Å². The zero-order valence-corrected chi connectivity index (χ0v) is 16.7. The summed E-state index contributed by atoms with van der Waals surface area (Å²) >= 11 is 0. The van der Waals surface area contributed by atoms with Crippen molar-refractivity contribution in [1.82, 2.24) is 0 Å². The second-order valence-electron chi connectivity index (χ2n) is 3.83. The average Bonchev–Trinajstić information content (AvgIpc) is 2.43. The van der Waals surface area contributed by atoms with Crippen LogP contribution in [0.4, 0.5) is 0 Å². The van der Waals surface area contributed by atoms with Crippen molar-refractivity contribution < 1.29 is 50.5 Å². The number of carbonyl (C=O) groups is 1. The second kappa shape index (κ2) is 42.8. The van der Waals surface area contributed by atoms with E-state index in [-0.39, 0.29) is 26.2 Å².